The standard InChI is InChI=1S/C24H31ClN6O2S/c25-20-6-2-4-8-22(20)34(32,33)29-16-18-11-9-17(10-12-18)15-28-24-30-21-7-3-1-5-19(21)23(31-24)27-14-13-26/h1-8,17-18,29H,9-16,26H2,(H2,27,28,30,31). The molecule has 0 unspecified atom stereocenters. The molecule has 0 radical (unpaired) electrons. The number of rotatable bonds is 10. The van der Waals surface area contributed by atoms with Gasteiger partial charge >= 0.3 is 0 Å². The zero-order valence-electron chi connectivity index (χ0n) is 19.0. The molecule has 1 saturated carbocycles. The maximum Gasteiger partial charge on any atom is 0.242 e. The zero-order valence-corrected chi connectivity index (χ0v) is 20.6. The minimum atomic E-state index is -3.60. The van der Waals surface area contributed by atoms with Gasteiger partial charge < -0.3 is 16.4 Å². The number of anilines is 2. The molecule has 1 aliphatic carbocycles. The van der Waals surface area contributed by atoms with E-state index in [9.17, 15) is 8.42 Å². The third-order valence-corrected chi connectivity index (χ3v) is 8.17. The Morgan fingerprint density at radius 2 is 1.59 bits per heavy atom. The molecule has 10 heteroatoms. The first-order valence-electron chi connectivity index (χ1n) is 11.6. The van der Waals surface area contributed by atoms with Crippen LogP contribution in [0.15, 0.2) is 53.4 Å². The quantitative estimate of drug-likeness (QED) is 0.332. The number of hydrogen-bond acceptors (Lipinski definition) is 7. The summed E-state index contributed by atoms with van der Waals surface area (Å²) in [5.41, 5.74) is 6.53. The molecule has 5 N–H and O–H groups in total. The highest BCUT2D eigenvalue weighted by Gasteiger charge is 2.24. The van der Waals surface area contributed by atoms with E-state index in [0.29, 0.717) is 37.4 Å². The Bertz CT molecular complexity index is 1220. The summed E-state index contributed by atoms with van der Waals surface area (Å²) in [6, 6.07) is 14.4. The average Bonchev–Trinajstić information content (AvgIpc) is 2.85. The highest BCUT2D eigenvalue weighted by Crippen LogP contribution is 2.30. The fourth-order valence-electron chi connectivity index (χ4n) is 4.32. The second-order valence-corrected chi connectivity index (χ2v) is 10.8. The predicted molar refractivity (Wildman–Crippen MR) is 138 cm³/mol. The molecule has 4 rings (SSSR count). The van der Waals surface area contributed by atoms with Crippen molar-refractivity contribution in [1.82, 2.24) is 14.7 Å². The number of sulfonamides is 1. The zero-order chi connectivity index (χ0) is 24.0. The molecule has 1 heterocycles. The second kappa shape index (κ2) is 11.3. The fraction of sp³-hybridized carbons (Fsp3) is 0.417. The number of benzene rings is 2. The van der Waals surface area contributed by atoms with E-state index in [-0.39, 0.29) is 9.92 Å². The molecule has 2 aromatic carbocycles. The Hall–Kier alpha value is -2.46. The summed E-state index contributed by atoms with van der Waals surface area (Å²) in [6.07, 6.45) is 3.99. The van der Waals surface area contributed by atoms with E-state index in [2.05, 4.69) is 25.3 Å². The number of nitrogens with zero attached hydrogens (tertiary/aromatic N) is 2. The van der Waals surface area contributed by atoms with Crippen LogP contribution in [0.2, 0.25) is 5.02 Å². The molecule has 0 bridgehead atoms. The molecule has 8 nitrogen and oxygen atoms in total. The van der Waals surface area contributed by atoms with Crippen molar-refractivity contribution < 1.29 is 8.42 Å². The van der Waals surface area contributed by atoms with Gasteiger partial charge in [-0.25, -0.2) is 18.1 Å². The third-order valence-electron chi connectivity index (χ3n) is 6.24. The summed E-state index contributed by atoms with van der Waals surface area (Å²) >= 11 is 6.06. The first-order valence-corrected chi connectivity index (χ1v) is 13.5. The Morgan fingerprint density at radius 1 is 0.912 bits per heavy atom. The van der Waals surface area contributed by atoms with Crippen molar-refractivity contribution in [1.29, 1.82) is 0 Å². The van der Waals surface area contributed by atoms with Crippen LogP contribution in [0.4, 0.5) is 11.8 Å². The maximum absolute atomic E-state index is 12.6. The van der Waals surface area contributed by atoms with Gasteiger partial charge in [-0.05, 0) is 61.8 Å². The lowest BCUT2D eigenvalue weighted by molar-refractivity contribution is 0.284. The topological polar surface area (TPSA) is 122 Å². The average molecular weight is 503 g/mol. The van der Waals surface area contributed by atoms with Gasteiger partial charge in [0.2, 0.25) is 16.0 Å². The normalized spacial score (nSPS) is 18.6. The largest absolute Gasteiger partial charge is 0.368 e. The summed E-state index contributed by atoms with van der Waals surface area (Å²) in [5, 5.41) is 7.90. The van der Waals surface area contributed by atoms with Gasteiger partial charge in [0.25, 0.3) is 0 Å². The van der Waals surface area contributed by atoms with Gasteiger partial charge in [-0.15, -0.1) is 0 Å². The molecular formula is C24H31ClN6O2S. The smallest absolute Gasteiger partial charge is 0.242 e. The van der Waals surface area contributed by atoms with E-state index in [4.69, 9.17) is 17.3 Å². The Morgan fingerprint density at radius 3 is 2.32 bits per heavy atom. The lowest BCUT2D eigenvalue weighted by Gasteiger charge is -2.28. The van der Waals surface area contributed by atoms with Crippen LogP contribution in [0.3, 0.4) is 0 Å². The van der Waals surface area contributed by atoms with Crippen LogP contribution in [-0.4, -0.2) is 44.6 Å². The van der Waals surface area contributed by atoms with Crippen molar-refractivity contribution in [2.75, 3.05) is 36.8 Å². The minimum Gasteiger partial charge on any atom is -0.368 e. The van der Waals surface area contributed by atoms with Gasteiger partial charge in [-0.1, -0.05) is 35.9 Å². The van der Waals surface area contributed by atoms with E-state index in [1.54, 1.807) is 18.2 Å². The molecule has 1 fully saturated rings. The predicted octanol–water partition coefficient (Wildman–Crippen LogP) is 3.85. The molecule has 0 saturated heterocycles. The van der Waals surface area contributed by atoms with Crippen LogP contribution >= 0.6 is 11.6 Å². The molecule has 3 aromatic rings. The summed E-state index contributed by atoms with van der Waals surface area (Å²) in [4.78, 5) is 9.44. The van der Waals surface area contributed by atoms with Gasteiger partial charge in [0.15, 0.2) is 0 Å². The fourth-order valence-corrected chi connectivity index (χ4v) is 5.96. The van der Waals surface area contributed by atoms with Crippen LogP contribution < -0.4 is 21.1 Å². The Balaban J connectivity index is 1.28. The van der Waals surface area contributed by atoms with Crippen LogP contribution in [0.1, 0.15) is 25.7 Å². The van der Waals surface area contributed by atoms with E-state index in [1.165, 1.54) is 6.07 Å². The number of aromatic nitrogens is 2. The van der Waals surface area contributed by atoms with Crippen molar-refractivity contribution in [3.05, 3.63) is 53.6 Å². The lowest BCUT2D eigenvalue weighted by Crippen LogP contribution is -2.32. The van der Waals surface area contributed by atoms with Crippen molar-refractivity contribution in [2.24, 2.45) is 17.6 Å². The van der Waals surface area contributed by atoms with Crippen molar-refractivity contribution in [2.45, 2.75) is 30.6 Å². The van der Waals surface area contributed by atoms with E-state index >= 15 is 0 Å². The van der Waals surface area contributed by atoms with Gasteiger partial charge in [0.1, 0.15) is 10.7 Å². The van der Waals surface area contributed by atoms with Crippen molar-refractivity contribution in [3.63, 3.8) is 0 Å². The van der Waals surface area contributed by atoms with Crippen LogP contribution in [0.5, 0.6) is 0 Å². The van der Waals surface area contributed by atoms with Gasteiger partial charge in [0.05, 0.1) is 10.5 Å². The number of fused-ring (bicyclic) bond motifs is 1. The summed E-state index contributed by atoms with van der Waals surface area (Å²) in [6.45, 7) is 2.38. The molecule has 0 amide bonds. The maximum atomic E-state index is 12.6. The highest BCUT2D eigenvalue weighted by atomic mass is 35.5. The first kappa shape index (κ1) is 24.7. The van der Waals surface area contributed by atoms with Crippen molar-refractivity contribution in [3.8, 4) is 0 Å². The molecular weight excluding hydrogens is 472 g/mol. The molecule has 1 aromatic heterocycles. The third kappa shape index (κ3) is 6.15. The van der Waals surface area contributed by atoms with Crippen LogP contribution in [0, 0.1) is 11.8 Å². The Kier molecular flexibility index (Phi) is 8.20. The molecule has 0 aliphatic heterocycles. The van der Waals surface area contributed by atoms with E-state index in [0.717, 1.165) is 48.9 Å². The molecule has 182 valence electrons. The number of halogens is 1. The molecule has 34 heavy (non-hydrogen) atoms. The van der Waals surface area contributed by atoms with Gasteiger partial charge in [-0.3, -0.25) is 0 Å². The number of nitrogens with two attached hydrogens (primary N) is 1. The van der Waals surface area contributed by atoms with E-state index in [1.807, 2.05) is 24.3 Å². The molecule has 1 aliphatic rings. The second-order valence-electron chi connectivity index (χ2n) is 8.68. The highest BCUT2D eigenvalue weighted by molar-refractivity contribution is 7.89. The van der Waals surface area contributed by atoms with Gasteiger partial charge in [-0.2, -0.15) is 4.98 Å². The van der Waals surface area contributed by atoms with Crippen LogP contribution in [-0.2, 0) is 10.0 Å². The lowest BCUT2D eigenvalue weighted by atomic mass is 9.82. The van der Waals surface area contributed by atoms with Gasteiger partial charge in [0, 0.05) is 31.6 Å². The number of para-hydroxylation sites is 1. The monoisotopic (exact) mass is 502 g/mol. The number of nitrogens with one attached hydrogen (secondary N) is 3. The van der Waals surface area contributed by atoms with Crippen molar-refractivity contribution >= 4 is 44.3 Å². The summed E-state index contributed by atoms with van der Waals surface area (Å²) in [5.74, 6) is 2.20. The molecule has 0 atom stereocenters. The van der Waals surface area contributed by atoms with E-state index < -0.39 is 10.0 Å². The minimum absolute atomic E-state index is 0.130. The summed E-state index contributed by atoms with van der Waals surface area (Å²) < 4.78 is 27.9. The SMILES string of the molecule is NCCNc1nc(NCC2CCC(CNS(=O)(=O)c3ccccc3Cl)CC2)nc2ccccc12. The Labute approximate surface area is 205 Å². The first-order chi connectivity index (χ1) is 16.5. The summed E-state index contributed by atoms with van der Waals surface area (Å²) in [7, 11) is -3.60. The molecule has 0 spiro atoms. The van der Waals surface area contributed by atoms with Crippen LogP contribution in [0.25, 0.3) is 10.9 Å². The number of hydrogen-bond donors (Lipinski definition) is 4.